The van der Waals surface area contributed by atoms with Crippen molar-refractivity contribution in [3.05, 3.63) is 24.3 Å². The lowest BCUT2D eigenvalue weighted by molar-refractivity contribution is -0.134. The number of hydrogen-bond acceptors (Lipinski definition) is 3. The van der Waals surface area contributed by atoms with Gasteiger partial charge in [-0.3, -0.25) is 9.59 Å². The van der Waals surface area contributed by atoms with Crippen molar-refractivity contribution in [1.29, 1.82) is 0 Å². The highest BCUT2D eigenvalue weighted by Crippen LogP contribution is 2.46. The zero-order valence-corrected chi connectivity index (χ0v) is 12.4. The molecule has 1 heterocycles. The molecule has 112 valence electrons. The van der Waals surface area contributed by atoms with E-state index < -0.39 is 0 Å². The van der Waals surface area contributed by atoms with Crippen LogP contribution in [0, 0.1) is 5.41 Å². The Morgan fingerprint density at radius 1 is 1.00 bits per heavy atom. The number of anilines is 1. The number of imide groups is 1. The van der Waals surface area contributed by atoms with Crippen LogP contribution in [-0.4, -0.2) is 18.9 Å². The molecule has 1 saturated carbocycles. The molecule has 1 aromatic carbocycles. The van der Waals surface area contributed by atoms with Gasteiger partial charge in [-0.15, -0.1) is 0 Å². The minimum absolute atomic E-state index is 0.0784. The number of amides is 2. The molecule has 4 nitrogen and oxygen atoms in total. The minimum Gasteiger partial charge on any atom is -0.495 e. The third-order valence-corrected chi connectivity index (χ3v) is 4.79. The molecule has 0 bridgehead atoms. The van der Waals surface area contributed by atoms with Crippen LogP contribution in [0.2, 0.25) is 0 Å². The average molecular weight is 287 g/mol. The van der Waals surface area contributed by atoms with E-state index in [1.807, 2.05) is 12.1 Å². The van der Waals surface area contributed by atoms with Gasteiger partial charge in [-0.1, -0.05) is 31.4 Å². The molecule has 4 heteroatoms. The largest absolute Gasteiger partial charge is 0.495 e. The van der Waals surface area contributed by atoms with Crippen molar-refractivity contribution in [2.24, 2.45) is 5.41 Å². The molecule has 2 aliphatic rings. The van der Waals surface area contributed by atoms with Gasteiger partial charge >= 0.3 is 0 Å². The SMILES string of the molecule is COc1ccccc1N1C(=O)CC2(CCCCC2)CC1=O. The van der Waals surface area contributed by atoms with E-state index in [9.17, 15) is 9.59 Å². The minimum atomic E-state index is -0.0855. The normalized spacial score (nSPS) is 21.7. The molecule has 1 aromatic rings. The van der Waals surface area contributed by atoms with Crippen LogP contribution < -0.4 is 9.64 Å². The Hall–Kier alpha value is -1.84. The first kappa shape index (κ1) is 14.1. The fourth-order valence-electron chi connectivity index (χ4n) is 3.74. The summed E-state index contributed by atoms with van der Waals surface area (Å²) in [4.78, 5) is 26.5. The van der Waals surface area contributed by atoms with Gasteiger partial charge in [0.2, 0.25) is 11.8 Å². The highest BCUT2D eigenvalue weighted by Gasteiger charge is 2.44. The highest BCUT2D eigenvalue weighted by molar-refractivity contribution is 6.17. The number of rotatable bonds is 2. The Morgan fingerprint density at radius 3 is 2.24 bits per heavy atom. The number of methoxy groups -OCH3 is 1. The van der Waals surface area contributed by atoms with Gasteiger partial charge in [0.05, 0.1) is 12.8 Å². The summed E-state index contributed by atoms with van der Waals surface area (Å²) in [6.45, 7) is 0. The maximum absolute atomic E-state index is 12.6. The fourth-order valence-corrected chi connectivity index (χ4v) is 3.74. The number of benzene rings is 1. The standard InChI is InChI=1S/C17H21NO3/c1-21-14-8-4-3-7-13(14)18-15(19)11-17(12-16(18)20)9-5-2-6-10-17/h3-4,7-8H,2,5-6,9-12H2,1H3. The van der Waals surface area contributed by atoms with Crippen molar-refractivity contribution in [3.63, 3.8) is 0 Å². The number of carbonyl (C=O) groups is 2. The number of carbonyl (C=O) groups excluding carboxylic acids is 2. The van der Waals surface area contributed by atoms with Gasteiger partial charge in [0.25, 0.3) is 0 Å². The van der Waals surface area contributed by atoms with Gasteiger partial charge in [0.1, 0.15) is 5.75 Å². The number of hydrogen-bond donors (Lipinski definition) is 0. The molecule has 3 rings (SSSR count). The van der Waals surface area contributed by atoms with Crippen molar-refractivity contribution >= 4 is 17.5 Å². The van der Waals surface area contributed by atoms with E-state index in [2.05, 4.69) is 0 Å². The first-order valence-corrected chi connectivity index (χ1v) is 7.64. The van der Waals surface area contributed by atoms with Crippen LogP contribution >= 0.6 is 0 Å². The molecular weight excluding hydrogens is 266 g/mol. The molecule has 0 atom stereocenters. The van der Waals surface area contributed by atoms with Gasteiger partial charge in [0, 0.05) is 12.8 Å². The molecule has 0 N–H and O–H groups in total. The maximum Gasteiger partial charge on any atom is 0.234 e. The van der Waals surface area contributed by atoms with Crippen LogP contribution in [0.1, 0.15) is 44.9 Å². The van der Waals surface area contributed by atoms with E-state index in [-0.39, 0.29) is 17.2 Å². The van der Waals surface area contributed by atoms with Crippen LogP contribution in [0.5, 0.6) is 5.75 Å². The zero-order valence-electron chi connectivity index (χ0n) is 12.4. The van der Waals surface area contributed by atoms with Gasteiger partial charge in [-0.2, -0.15) is 0 Å². The van der Waals surface area contributed by atoms with Gasteiger partial charge in [-0.25, -0.2) is 4.90 Å². The van der Waals surface area contributed by atoms with Gasteiger partial charge < -0.3 is 4.74 Å². The van der Waals surface area contributed by atoms with E-state index in [0.29, 0.717) is 24.3 Å². The second kappa shape index (κ2) is 5.51. The molecule has 1 aliphatic carbocycles. The molecule has 21 heavy (non-hydrogen) atoms. The van der Waals surface area contributed by atoms with Crippen molar-refractivity contribution in [1.82, 2.24) is 0 Å². The smallest absolute Gasteiger partial charge is 0.234 e. The molecule has 1 saturated heterocycles. The van der Waals surface area contributed by atoms with Crippen LogP contribution in [0.4, 0.5) is 5.69 Å². The lowest BCUT2D eigenvalue weighted by atomic mass is 9.67. The number of ether oxygens (including phenoxy) is 1. The van der Waals surface area contributed by atoms with Crippen LogP contribution in [0.15, 0.2) is 24.3 Å². The summed E-state index contributed by atoms with van der Waals surface area (Å²) >= 11 is 0. The predicted molar refractivity (Wildman–Crippen MR) is 80.2 cm³/mol. The Labute approximate surface area is 125 Å². The van der Waals surface area contributed by atoms with Gasteiger partial charge in [-0.05, 0) is 30.4 Å². The summed E-state index contributed by atoms with van der Waals surface area (Å²) < 4.78 is 5.29. The number of para-hydroxylation sites is 2. The first-order valence-electron chi connectivity index (χ1n) is 7.64. The number of nitrogens with zero attached hydrogens (tertiary/aromatic N) is 1. The summed E-state index contributed by atoms with van der Waals surface area (Å²) in [6, 6.07) is 7.21. The van der Waals surface area contributed by atoms with Crippen molar-refractivity contribution in [3.8, 4) is 5.75 Å². The van der Waals surface area contributed by atoms with Crippen LogP contribution in [-0.2, 0) is 9.59 Å². The Balaban J connectivity index is 1.89. The molecule has 0 aromatic heterocycles. The third kappa shape index (κ3) is 2.55. The highest BCUT2D eigenvalue weighted by atomic mass is 16.5. The van der Waals surface area contributed by atoms with Crippen molar-refractivity contribution in [2.75, 3.05) is 12.0 Å². The Bertz CT molecular complexity index is 541. The van der Waals surface area contributed by atoms with E-state index in [4.69, 9.17) is 4.74 Å². The van der Waals surface area contributed by atoms with Crippen LogP contribution in [0.25, 0.3) is 0 Å². The molecular formula is C17H21NO3. The fraction of sp³-hybridized carbons (Fsp3) is 0.529. The monoisotopic (exact) mass is 287 g/mol. The quantitative estimate of drug-likeness (QED) is 0.784. The van der Waals surface area contributed by atoms with Crippen molar-refractivity contribution in [2.45, 2.75) is 44.9 Å². The summed E-state index contributed by atoms with van der Waals surface area (Å²) in [5.41, 5.74) is 0.492. The van der Waals surface area contributed by atoms with E-state index in [1.54, 1.807) is 19.2 Å². The summed E-state index contributed by atoms with van der Waals surface area (Å²) in [5, 5.41) is 0. The Kier molecular flexibility index (Phi) is 3.70. The predicted octanol–water partition coefficient (Wildman–Crippen LogP) is 3.30. The molecule has 0 radical (unpaired) electrons. The summed E-state index contributed by atoms with van der Waals surface area (Å²) in [7, 11) is 1.56. The first-order chi connectivity index (χ1) is 10.2. The molecule has 1 aliphatic heterocycles. The van der Waals surface area contributed by atoms with E-state index in [0.717, 1.165) is 25.7 Å². The summed E-state index contributed by atoms with van der Waals surface area (Å²) in [5.74, 6) is 0.397. The summed E-state index contributed by atoms with van der Waals surface area (Å²) in [6.07, 6.45) is 6.47. The molecule has 2 amide bonds. The molecule has 0 unspecified atom stereocenters. The van der Waals surface area contributed by atoms with Gasteiger partial charge in [0.15, 0.2) is 0 Å². The third-order valence-electron chi connectivity index (χ3n) is 4.79. The average Bonchev–Trinajstić information content (AvgIpc) is 2.47. The zero-order chi connectivity index (χ0) is 14.9. The second-order valence-corrected chi connectivity index (χ2v) is 6.21. The topological polar surface area (TPSA) is 46.6 Å². The Morgan fingerprint density at radius 2 is 1.62 bits per heavy atom. The lowest BCUT2D eigenvalue weighted by Crippen LogP contribution is -2.48. The van der Waals surface area contributed by atoms with Crippen LogP contribution in [0.3, 0.4) is 0 Å². The molecule has 2 fully saturated rings. The van der Waals surface area contributed by atoms with Crippen molar-refractivity contribution < 1.29 is 14.3 Å². The number of piperidine rings is 1. The second-order valence-electron chi connectivity index (χ2n) is 6.21. The molecule has 1 spiro atoms. The van der Waals surface area contributed by atoms with E-state index in [1.165, 1.54) is 11.3 Å². The van der Waals surface area contributed by atoms with E-state index >= 15 is 0 Å². The lowest BCUT2D eigenvalue weighted by Gasteiger charge is -2.42. The maximum atomic E-state index is 12.6.